The van der Waals surface area contributed by atoms with E-state index < -0.39 is 0 Å². The van der Waals surface area contributed by atoms with Crippen molar-refractivity contribution < 1.29 is 9.53 Å². The Labute approximate surface area is 122 Å². The summed E-state index contributed by atoms with van der Waals surface area (Å²) in [5.74, 6) is 0.645. The molecule has 0 bridgehead atoms. The number of carbonyl (C=O) groups is 1. The van der Waals surface area contributed by atoms with Crippen LogP contribution in [0.25, 0.3) is 0 Å². The van der Waals surface area contributed by atoms with Crippen LogP contribution in [-0.4, -0.2) is 24.5 Å². The number of rotatable bonds is 2. The monoisotopic (exact) mass is 284 g/mol. The number of aromatic nitrogens is 1. The van der Waals surface area contributed by atoms with Gasteiger partial charge in [-0.3, -0.25) is 9.59 Å². The van der Waals surface area contributed by atoms with Crippen LogP contribution < -0.4 is 15.2 Å². The summed E-state index contributed by atoms with van der Waals surface area (Å²) in [5.41, 5.74) is 2.13. The molecule has 1 N–H and O–H groups in total. The van der Waals surface area contributed by atoms with Gasteiger partial charge in [-0.05, 0) is 42.7 Å². The molecular weight excluding hydrogens is 268 g/mol. The third-order valence-corrected chi connectivity index (χ3v) is 3.67. The Hall–Kier alpha value is -2.56. The molecule has 21 heavy (non-hydrogen) atoms. The Balaban J connectivity index is 1.98. The topological polar surface area (TPSA) is 62.4 Å². The lowest BCUT2D eigenvalue weighted by molar-refractivity contribution is 0.0985. The maximum Gasteiger partial charge on any atom is 0.258 e. The highest BCUT2D eigenvalue weighted by atomic mass is 16.5. The molecule has 0 unspecified atom stereocenters. The summed E-state index contributed by atoms with van der Waals surface area (Å²) >= 11 is 0. The van der Waals surface area contributed by atoms with E-state index in [-0.39, 0.29) is 11.5 Å². The maximum atomic E-state index is 12.6. The van der Waals surface area contributed by atoms with Gasteiger partial charge in [0.1, 0.15) is 5.75 Å². The summed E-state index contributed by atoms with van der Waals surface area (Å²) in [6.45, 7) is 0.658. The van der Waals surface area contributed by atoms with Crippen molar-refractivity contribution in [3.8, 4) is 5.75 Å². The summed E-state index contributed by atoms with van der Waals surface area (Å²) in [6.07, 6.45) is 3.31. The molecule has 2 heterocycles. The highest BCUT2D eigenvalue weighted by molar-refractivity contribution is 6.06. The predicted octanol–water partition coefficient (Wildman–Crippen LogP) is 1.98. The van der Waals surface area contributed by atoms with Gasteiger partial charge in [-0.25, -0.2) is 0 Å². The Morgan fingerprint density at radius 2 is 2.14 bits per heavy atom. The minimum absolute atomic E-state index is 0.146. The molecule has 0 atom stereocenters. The molecule has 0 aliphatic carbocycles. The fraction of sp³-hybridized carbons (Fsp3) is 0.250. The molecule has 1 aromatic carbocycles. The van der Waals surface area contributed by atoms with Crippen LogP contribution in [-0.2, 0) is 6.42 Å². The number of nitrogens with one attached hydrogen (secondary N) is 1. The van der Waals surface area contributed by atoms with E-state index in [0.29, 0.717) is 12.1 Å². The molecule has 0 fully saturated rings. The van der Waals surface area contributed by atoms with E-state index in [0.717, 1.165) is 29.8 Å². The molecule has 0 saturated carbocycles. The summed E-state index contributed by atoms with van der Waals surface area (Å²) in [6, 6.07) is 8.68. The molecular formula is C16H16N2O3. The highest BCUT2D eigenvalue weighted by Crippen LogP contribution is 2.31. The average Bonchev–Trinajstić information content (AvgIpc) is 2.53. The van der Waals surface area contributed by atoms with Crippen LogP contribution >= 0.6 is 0 Å². The van der Waals surface area contributed by atoms with Crippen molar-refractivity contribution in [3.63, 3.8) is 0 Å². The molecule has 0 radical (unpaired) electrons. The van der Waals surface area contributed by atoms with Gasteiger partial charge >= 0.3 is 0 Å². The second-order valence-corrected chi connectivity index (χ2v) is 5.00. The molecule has 3 rings (SSSR count). The Morgan fingerprint density at radius 3 is 2.90 bits per heavy atom. The largest absolute Gasteiger partial charge is 0.497 e. The number of pyridine rings is 1. The van der Waals surface area contributed by atoms with Crippen LogP contribution in [0.3, 0.4) is 0 Å². The summed E-state index contributed by atoms with van der Waals surface area (Å²) < 4.78 is 5.23. The van der Waals surface area contributed by atoms with Crippen LogP contribution in [0, 0.1) is 0 Å². The predicted molar refractivity (Wildman–Crippen MR) is 80.1 cm³/mol. The van der Waals surface area contributed by atoms with Crippen LogP contribution in [0.4, 0.5) is 5.69 Å². The summed E-state index contributed by atoms with van der Waals surface area (Å²) in [7, 11) is 1.63. The van der Waals surface area contributed by atoms with Gasteiger partial charge in [0.05, 0.1) is 7.11 Å². The smallest absolute Gasteiger partial charge is 0.258 e. The van der Waals surface area contributed by atoms with E-state index in [1.807, 2.05) is 18.2 Å². The van der Waals surface area contributed by atoms with Crippen molar-refractivity contribution in [2.24, 2.45) is 0 Å². The molecule has 1 amide bonds. The van der Waals surface area contributed by atoms with E-state index in [2.05, 4.69) is 4.98 Å². The molecule has 1 aliphatic rings. The first-order valence-electron chi connectivity index (χ1n) is 6.86. The van der Waals surface area contributed by atoms with Gasteiger partial charge in [-0.2, -0.15) is 0 Å². The molecule has 5 heteroatoms. The SMILES string of the molecule is COc1ccc2c(c1)CCCN2C(=O)c1cc[nH]c(=O)c1. The van der Waals surface area contributed by atoms with Gasteiger partial charge in [-0.15, -0.1) is 0 Å². The summed E-state index contributed by atoms with van der Waals surface area (Å²) in [4.78, 5) is 28.2. The highest BCUT2D eigenvalue weighted by Gasteiger charge is 2.24. The van der Waals surface area contributed by atoms with Gasteiger partial charge in [0.25, 0.3) is 5.91 Å². The number of aromatic amines is 1. The second kappa shape index (κ2) is 5.44. The number of carbonyl (C=O) groups excluding carboxylic acids is 1. The van der Waals surface area contributed by atoms with Crippen molar-refractivity contribution in [3.05, 3.63) is 58.0 Å². The van der Waals surface area contributed by atoms with Crippen molar-refractivity contribution in [2.75, 3.05) is 18.6 Å². The number of methoxy groups -OCH3 is 1. The number of anilines is 1. The number of hydrogen-bond donors (Lipinski definition) is 1. The van der Waals surface area contributed by atoms with Crippen LogP contribution in [0.15, 0.2) is 41.3 Å². The lowest BCUT2D eigenvalue weighted by atomic mass is 10.0. The fourth-order valence-corrected chi connectivity index (χ4v) is 2.64. The lowest BCUT2D eigenvalue weighted by Gasteiger charge is -2.29. The van der Waals surface area contributed by atoms with Gasteiger partial charge in [0.15, 0.2) is 0 Å². The fourth-order valence-electron chi connectivity index (χ4n) is 2.64. The van der Waals surface area contributed by atoms with Crippen molar-refractivity contribution in [1.29, 1.82) is 0 Å². The standard InChI is InChI=1S/C16H16N2O3/c1-21-13-4-5-14-11(9-13)3-2-8-18(14)16(20)12-6-7-17-15(19)10-12/h4-7,9-10H,2-3,8H2,1H3,(H,17,19). The van der Waals surface area contributed by atoms with Crippen LogP contribution in [0.1, 0.15) is 22.3 Å². The number of amides is 1. The molecule has 1 aromatic heterocycles. The molecule has 0 spiro atoms. The van der Waals surface area contributed by atoms with Crippen LogP contribution in [0.5, 0.6) is 5.75 Å². The van der Waals surface area contributed by atoms with E-state index in [4.69, 9.17) is 4.74 Å². The zero-order valence-corrected chi connectivity index (χ0v) is 11.8. The lowest BCUT2D eigenvalue weighted by Crippen LogP contribution is -2.35. The number of aryl methyl sites for hydroxylation is 1. The van der Waals surface area contributed by atoms with E-state index in [9.17, 15) is 9.59 Å². The number of ether oxygens (including phenoxy) is 1. The van der Waals surface area contributed by atoms with Gasteiger partial charge in [0.2, 0.25) is 5.56 Å². The average molecular weight is 284 g/mol. The van der Waals surface area contributed by atoms with E-state index in [1.54, 1.807) is 18.1 Å². The van der Waals surface area contributed by atoms with Crippen molar-refractivity contribution in [1.82, 2.24) is 4.98 Å². The second-order valence-electron chi connectivity index (χ2n) is 5.00. The molecule has 2 aromatic rings. The summed E-state index contributed by atoms with van der Waals surface area (Å²) in [5, 5.41) is 0. The quantitative estimate of drug-likeness (QED) is 0.917. The van der Waals surface area contributed by atoms with Crippen molar-refractivity contribution >= 4 is 11.6 Å². The molecule has 0 saturated heterocycles. The van der Waals surface area contributed by atoms with Crippen LogP contribution in [0.2, 0.25) is 0 Å². The van der Waals surface area contributed by atoms with Gasteiger partial charge in [0, 0.05) is 30.1 Å². The maximum absolute atomic E-state index is 12.6. The normalized spacial score (nSPS) is 13.7. The van der Waals surface area contributed by atoms with Gasteiger partial charge < -0.3 is 14.6 Å². The third kappa shape index (κ3) is 2.54. The third-order valence-electron chi connectivity index (χ3n) is 3.67. The minimum atomic E-state index is -0.271. The number of H-pyrrole nitrogens is 1. The number of fused-ring (bicyclic) bond motifs is 1. The first-order chi connectivity index (χ1) is 10.2. The van der Waals surface area contributed by atoms with Gasteiger partial charge in [-0.1, -0.05) is 0 Å². The van der Waals surface area contributed by atoms with E-state index >= 15 is 0 Å². The Bertz CT molecular complexity index is 736. The molecule has 5 nitrogen and oxygen atoms in total. The molecule has 1 aliphatic heterocycles. The first-order valence-corrected chi connectivity index (χ1v) is 6.86. The molecule has 108 valence electrons. The Morgan fingerprint density at radius 1 is 1.29 bits per heavy atom. The van der Waals surface area contributed by atoms with E-state index in [1.165, 1.54) is 12.3 Å². The zero-order valence-electron chi connectivity index (χ0n) is 11.8. The number of nitrogens with zero attached hydrogens (tertiary/aromatic N) is 1. The number of benzene rings is 1. The number of hydrogen-bond acceptors (Lipinski definition) is 3. The zero-order chi connectivity index (χ0) is 14.8. The van der Waals surface area contributed by atoms with Crippen molar-refractivity contribution in [2.45, 2.75) is 12.8 Å². The first kappa shape index (κ1) is 13.4. The Kier molecular flexibility index (Phi) is 3.48. The minimum Gasteiger partial charge on any atom is -0.497 e.